The lowest BCUT2D eigenvalue weighted by molar-refractivity contribution is 0.288. The highest BCUT2D eigenvalue weighted by atomic mass is 15.2. The molecule has 0 N–H and O–H groups in total. The first-order chi connectivity index (χ1) is 4.47. The topological polar surface area (TPSA) is 3.24 Å². The molecule has 1 nitrogen and oxygen atoms in total. The van der Waals surface area contributed by atoms with E-state index < -0.39 is 0 Å². The second kappa shape index (κ2) is 2.14. The van der Waals surface area contributed by atoms with Gasteiger partial charge < -0.3 is 0 Å². The van der Waals surface area contributed by atoms with Gasteiger partial charge in [-0.2, -0.15) is 0 Å². The average molecular weight is 123 g/mol. The van der Waals surface area contributed by atoms with E-state index in [1.807, 2.05) is 0 Å². The van der Waals surface area contributed by atoms with Gasteiger partial charge in [0.05, 0.1) is 0 Å². The van der Waals surface area contributed by atoms with Crippen molar-refractivity contribution in [2.24, 2.45) is 0 Å². The van der Waals surface area contributed by atoms with E-state index >= 15 is 0 Å². The second-order valence-electron chi connectivity index (χ2n) is 2.99. The van der Waals surface area contributed by atoms with Gasteiger partial charge in [0, 0.05) is 19.1 Å². The van der Waals surface area contributed by atoms with Gasteiger partial charge in [-0.25, -0.2) is 0 Å². The van der Waals surface area contributed by atoms with Gasteiger partial charge in [-0.05, 0) is 19.3 Å². The maximum atomic E-state index is 2.58. The fraction of sp³-hybridized carbons (Fsp3) is 0.750. The Bertz CT molecular complexity index is 125. The second-order valence-corrected chi connectivity index (χ2v) is 2.99. The minimum absolute atomic E-state index is 0.968. The van der Waals surface area contributed by atoms with Gasteiger partial charge in [-0.1, -0.05) is 12.2 Å². The molecule has 1 aliphatic carbocycles. The van der Waals surface area contributed by atoms with Crippen LogP contribution in [0.2, 0.25) is 0 Å². The van der Waals surface area contributed by atoms with Crippen LogP contribution in [0.15, 0.2) is 12.2 Å². The molecule has 50 valence electrons. The lowest BCUT2D eigenvalue weighted by Crippen LogP contribution is -2.29. The summed E-state index contributed by atoms with van der Waals surface area (Å²) < 4.78 is 0. The third-order valence-corrected chi connectivity index (χ3v) is 2.15. The summed E-state index contributed by atoms with van der Waals surface area (Å²) in [6.07, 6.45) is 8.76. The molecule has 0 aromatic rings. The zero-order valence-corrected chi connectivity index (χ0v) is 5.71. The minimum Gasteiger partial charge on any atom is -0.296 e. The summed E-state index contributed by atoms with van der Waals surface area (Å²) in [7, 11) is 0. The van der Waals surface area contributed by atoms with Crippen LogP contribution in [0, 0.1) is 0 Å². The maximum Gasteiger partial charge on any atom is 0.0166 e. The Hall–Kier alpha value is -0.300. The first-order valence-corrected chi connectivity index (χ1v) is 3.86. The largest absolute Gasteiger partial charge is 0.296 e. The SMILES string of the molecule is C1=CCN(C2CC2)CC1. The normalized spacial score (nSPS) is 28.9. The molecule has 1 heteroatoms. The summed E-state index contributed by atoms with van der Waals surface area (Å²) in [6, 6.07) is 0.968. The van der Waals surface area contributed by atoms with Crippen LogP contribution in [0.3, 0.4) is 0 Å². The molecule has 1 aliphatic heterocycles. The van der Waals surface area contributed by atoms with Crippen LogP contribution >= 0.6 is 0 Å². The Morgan fingerprint density at radius 1 is 1.22 bits per heavy atom. The molecule has 0 amide bonds. The third-order valence-electron chi connectivity index (χ3n) is 2.15. The van der Waals surface area contributed by atoms with E-state index in [4.69, 9.17) is 0 Å². The predicted octanol–water partition coefficient (Wildman–Crippen LogP) is 1.41. The Kier molecular flexibility index (Phi) is 1.31. The Morgan fingerprint density at radius 2 is 2.11 bits per heavy atom. The molecule has 2 aliphatic rings. The van der Waals surface area contributed by atoms with Crippen molar-refractivity contribution in [3.8, 4) is 0 Å². The van der Waals surface area contributed by atoms with Crippen LogP contribution in [0.1, 0.15) is 19.3 Å². The lowest BCUT2D eigenvalue weighted by Gasteiger charge is -2.21. The molecule has 1 saturated carbocycles. The Morgan fingerprint density at radius 3 is 2.67 bits per heavy atom. The monoisotopic (exact) mass is 123 g/mol. The van der Waals surface area contributed by atoms with Crippen molar-refractivity contribution in [2.45, 2.75) is 25.3 Å². The fourth-order valence-electron chi connectivity index (χ4n) is 1.43. The van der Waals surface area contributed by atoms with Crippen molar-refractivity contribution in [1.29, 1.82) is 0 Å². The summed E-state index contributed by atoms with van der Waals surface area (Å²) in [6.45, 7) is 2.52. The fourth-order valence-corrected chi connectivity index (χ4v) is 1.43. The molecule has 0 radical (unpaired) electrons. The van der Waals surface area contributed by atoms with Crippen LogP contribution in [0.5, 0.6) is 0 Å². The van der Waals surface area contributed by atoms with E-state index in [1.165, 1.54) is 32.4 Å². The molecule has 0 unspecified atom stereocenters. The highest BCUT2D eigenvalue weighted by molar-refractivity contribution is 4.96. The molecule has 1 heterocycles. The van der Waals surface area contributed by atoms with Crippen molar-refractivity contribution in [1.82, 2.24) is 4.90 Å². The number of hydrogen-bond donors (Lipinski definition) is 0. The van der Waals surface area contributed by atoms with Crippen LogP contribution in [-0.4, -0.2) is 24.0 Å². The van der Waals surface area contributed by atoms with Crippen LogP contribution < -0.4 is 0 Å². The molecule has 0 spiro atoms. The number of nitrogens with zero attached hydrogens (tertiary/aromatic N) is 1. The van der Waals surface area contributed by atoms with Crippen LogP contribution in [0.25, 0.3) is 0 Å². The van der Waals surface area contributed by atoms with Crippen LogP contribution in [0.4, 0.5) is 0 Å². The summed E-state index contributed by atoms with van der Waals surface area (Å²) >= 11 is 0. The summed E-state index contributed by atoms with van der Waals surface area (Å²) in [5, 5.41) is 0. The highest BCUT2D eigenvalue weighted by Crippen LogP contribution is 2.27. The van der Waals surface area contributed by atoms with Gasteiger partial charge in [-0.3, -0.25) is 4.90 Å². The average Bonchev–Trinajstić information content (AvgIpc) is 2.71. The first kappa shape index (κ1) is 5.48. The molecular formula is C8H13N. The summed E-state index contributed by atoms with van der Waals surface area (Å²) in [4.78, 5) is 2.58. The Balaban J connectivity index is 1.89. The maximum absolute atomic E-state index is 2.58. The van der Waals surface area contributed by atoms with Gasteiger partial charge in [0.2, 0.25) is 0 Å². The van der Waals surface area contributed by atoms with Crippen molar-refractivity contribution in [3.05, 3.63) is 12.2 Å². The van der Waals surface area contributed by atoms with E-state index in [9.17, 15) is 0 Å². The molecule has 9 heavy (non-hydrogen) atoms. The molecular weight excluding hydrogens is 110 g/mol. The number of rotatable bonds is 1. The first-order valence-electron chi connectivity index (χ1n) is 3.86. The molecule has 0 aromatic carbocycles. The zero-order valence-electron chi connectivity index (χ0n) is 5.71. The molecule has 2 rings (SSSR count). The smallest absolute Gasteiger partial charge is 0.0166 e. The van der Waals surface area contributed by atoms with Gasteiger partial charge >= 0.3 is 0 Å². The quantitative estimate of drug-likeness (QED) is 0.476. The van der Waals surface area contributed by atoms with E-state index in [2.05, 4.69) is 17.1 Å². The van der Waals surface area contributed by atoms with Gasteiger partial charge in [-0.15, -0.1) is 0 Å². The summed E-state index contributed by atoms with van der Waals surface area (Å²) in [5.41, 5.74) is 0. The molecule has 0 atom stereocenters. The van der Waals surface area contributed by atoms with Crippen molar-refractivity contribution < 1.29 is 0 Å². The van der Waals surface area contributed by atoms with Gasteiger partial charge in [0.25, 0.3) is 0 Å². The Labute approximate surface area is 56.4 Å². The van der Waals surface area contributed by atoms with E-state index in [0.717, 1.165) is 6.04 Å². The van der Waals surface area contributed by atoms with E-state index in [-0.39, 0.29) is 0 Å². The third kappa shape index (κ3) is 1.16. The molecule has 0 bridgehead atoms. The van der Waals surface area contributed by atoms with Gasteiger partial charge in [0.15, 0.2) is 0 Å². The molecule has 0 saturated heterocycles. The van der Waals surface area contributed by atoms with Gasteiger partial charge in [0.1, 0.15) is 0 Å². The highest BCUT2D eigenvalue weighted by Gasteiger charge is 2.27. The van der Waals surface area contributed by atoms with E-state index in [1.54, 1.807) is 0 Å². The number of hydrogen-bond acceptors (Lipinski definition) is 1. The summed E-state index contributed by atoms with van der Waals surface area (Å²) in [5.74, 6) is 0. The molecule has 0 aromatic heterocycles. The standard InChI is InChI=1S/C8H13N/c1-2-6-9(7-3-1)8-4-5-8/h1-2,8H,3-7H2. The van der Waals surface area contributed by atoms with Crippen molar-refractivity contribution >= 4 is 0 Å². The van der Waals surface area contributed by atoms with Crippen molar-refractivity contribution in [3.63, 3.8) is 0 Å². The van der Waals surface area contributed by atoms with E-state index in [0.29, 0.717) is 0 Å². The predicted molar refractivity (Wildman–Crippen MR) is 38.4 cm³/mol. The lowest BCUT2D eigenvalue weighted by atomic mass is 10.2. The zero-order chi connectivity index (χ0) is 6.10. The molecule has 1 fully saturated rings. The van der Waals surface area contributed by atoms with Crippen LogP contribution in [-0.2, 0) is 0 Å². The van der Waals surface area contributed by atoms with Crippen molar-refractivity contribution in [2.75, 3.05) is 13.1 Å². The minimum atomic E-state index is 0.968.